The van der Waals surface area contributed by atoms with Crippen molar-refractivity contribution in [1.82, 2.24) is 0 Å². The van der Waals surface area contributed by atoms with Gasteiger partial charge in [-0.25, -0.2) is 0 Å². The van der Waals surface area contributed by atoms with Crippen molar-refractivity contribution in [2.24, 2.45) is 0 Å². The Bertz CT molecular complexity index is 1680. The standard InChI is InChI=1S/C27H18O9/c28-16-6-5-13(8-17(16)29)26-25(33)24(32)23-18(30)10-20-22(27(23)36-26)15(9-21(31)35-20)14-7-12-3-1-2-4-19(12)34-11-14/h1-8,10,15,28-30,33H,9,11H2/t15-/m0/s1. The SMILES string of the molecule is O=C1C[C@@H](C2=Cc3ccccc3OC2)c2c(cc(O)c3c(=O)c(O)c(-c4ccc(O)c(O)c4)oc23)O1. The van der Waals surface area contributed by atoms with Gasteiger partial charge in [0.15, 0.2) is 17.3 Å². The van der Waals surface area contributed by atoms with Crippen LogP contribution in [-0.4, -0.2) is 33.0 Å². The van der Waals surface area contributed by atoms with E-state index < -0.39 is 40.3 Å². The highest BCUT2D eigenvalue weighted by Crippen LogP contribution is 2.48. The molecule has 9 heteroatoms. The molecule has 0 unspecified atom stereocenters. The molecule has 1 aromatic heterocycles. The summed E-state index contributed by atoms with van der Waals surface area (Å²) in [7, 11) is 0. The molecule has 6 rings (SSSR count). The second-order valence-electron chi connectivity index (χ2n) is 8.60. The number of carbonyl (C=O) groups excluding carboxylic acids is 1. The highest BCUT2D eigenvalue weighted by molar-refractivity contribution is 5.94. The van der Waals surface area contributed by atoms with Crippen LogP contribution in [0.2, 0.25) is 0 Å². The van der Waals surface area contributed by atoms with E-state index in [9.17, 15) is 30.0 Å². The fraction of sp³-hybridized carbons (Fsp3) is 0.111. The quantitative estimate of drug-likeness (QED) is 0.186. The van der Waals surface area contributed by atoms with Gasteiger partial charge in [-0.3, -0.25) is 9.59 Å². The highest BCUT2D eigenvalue weighted by Gasteiger charge is 2.36. The zero-order valence-corrected chi connectivity index (χ0v) is 18.5. The van der Waals surface area contributed by atoms with E-state index >= 15 is 0 Å². The molecule has 0 aliphatic carbocycles. The number of esters is 1. The fourth-order valence-electron chi connectivity index (χ4n) is 4.69. The number of benzene rings is 3. The second-order valence-corrected chi connectivity index (χ2v) is 8.60. The summed E-state index contributed by atoms with van der Waals surface area (Å²) in [6.07, 6.45) is 1.84. The minimum absolute atomic E-state index is 0.0225. The Balaban J connectivity index is 1.63. The number of phenolic OH excluding ortho intramolecular Hbond substituents is 3. The first-order chi connectivity index (χ1) is 17.3. The summed E-state index contributed by atoms with van der Waals surface area (Å²) in [5.41, 5.74) is 1.02. The van der Waals surface area contributed by atoms with E-state index in [1.54, 1.807) is 0 Å². The molecule has 9 nitrogen and oxygen atoms in total. The molecule has 36 heavy (non-hydrogen) atoms. The molecule has 180 valence electrons. The maximum atomic E-state index is 13.2. The van der Waals surface area contributed by atoms with Crippen LogP contribution in [-0.2, 0) is 4.79 Å². The Kier molecular flexibility index (Phi) is 4.68. The number of phenols is 3. The van der Waals surface area contributed by atoms with E-state index in [2.05, 4.69) is 0 Å². The lowest BCUT2D eigenvalue weighted by Gasteiger charge is -2.29. The molecular weight excluding hydrogens is 468 g/mol. The molecule has 0 saturated carbocycles. The topological polar surface area (TPSA) is 147 Å². The lowest BCUT2D eigenvalue weighted by Crippen LogP contribution is -2.25. The summed E-state index contributed by atoms with van der Waals surface area (Å²) in [4.78, 5) is 25.7. The molecule has 3 heterocycles. The number of hydrogen-bond donors (Lipinski definition) is 4. The Hall–Kier alpha value is -4.92. The number of fused-ring (bicyclic) bond motifs is 4. The van der Waals surface area contributed by atoms with Crippen molar-refractivity contribution in [2.75, 3.05) is 6.61 Å². The predicted molar refractivity (Wildman–Crippen MR) is 127 cm³/mol. The van der Waals surface area contributed by atoms with Gasteiger partial charge < -0.3 is 34.3 Å². The molecule has 0 fully saturated rings. The third kappa shape index (κ3) is 3.24. The van der Waals surface area contributed by atoms with Gasteiger partial charge >= 0.3 is 5.97 Å². The maximum absolute atomic E-state index is 13.2. The third-order valence-corrected chi connectivity index (χ3v) is 6.40. The van der Waals surface area contributed by atoms with Crippen molar-refractivity contribution in [3.8, 4) is 45.8 Å². The summed E-state index contributed by atoms with van der Waals surface area (Å²) < 4.78 is 17.3. The van der Waals surface area contributed by atoms with E-state index in [4.69, 9.17) is 13.9 Å². The van der Waals surface area contributed by atoms with E-state index in [0.29, 0.717) is 11.3 Å². The number of para-hydroxylation sites is 1. The normalized spacial score (nSPS) is 16.5. The highest BCUT2D eigenvalue weighted by atomic mass is 16.5. The number of rotatable bonds is 2. The van der Waals surface area contributed by atoms with Crippen LogP contribution in [0.3, 0.4) is 0 Å². The van der Waals surface area contributed by atoms with Crippen LogP contribution in [0.25, 0.3) is 28.4 Å². The van der Waals surface area contributed by atoms with Gasteiger partial charge in [0.05, 0.1) is 6.42 Å². The molecule has 0 saturated heterocycles. The minimum Gasteiger partial charge on any atom is -0.507 e. The predicted octanol–water partition coefficient (Wildman–Crippen LogP) is 4.15. The zero-order valence-electron chi connectivity index (χ0n) is 18.5. The van der Waals surface area contributed by atoms with Gasteiger partial charge in [0.1, 0.15) is 34.8 Å². The van der Waals surface area contributed by atoms with E-state index in [1.807, 2.05) is 30.3 Å². The monoisotopic (exact) mass is 486 g/mol. The Labute approximate surface area is 202 Å². The van der Waals surface area contributed by atoms with Gasteiger partial charge in [-0.15, -0.1) is 0 Å². The molecule has 0 bridgehead atoms. The summed E-state index contributed by atoms with van der Waals surface area (Å²) in [5.74, 6) is -2.90. The minimum atomic E-state index is -0.908. The molecular formula is C27H18O9. The Morgan fingerprint density at radius 3 is 2.47 bits per heavy atom. The summed E-state index contributed by atoms with van der Waals surface area (Å²) >= 11 is 0. The van der Waals surface area contributed by atoms with Crippen LogP contribution in [0.15, 0.2) is 63.3 Å². The molecule has 4 aromatic rings. The van der Waals surface area contributed by atoms with Gasteiger partial charge in [-0.1, -0.05) is 18.2 Å². The van der Waals surface area contributed by atoms with E-state index in [0.717, 1.165) is 23.3 Å². The van der Waals surface area contributed by atoms with Gasteiger partial charge in [0.2, 0.25) is 11.2 Å². The molecule has 0 amide bonds. The van der Waals surface area contributed by atoms with Gasteiger partial charge in [0, 0.05) is 28.7 Å². The van der Waals surface area contributed by atoms with Crippen LogP contribution < -0.4 is 14.9 Å². The molecule has 4 N–H and O–H groups in total. The molecule has 2 aliphatic heterocycles. The van der Waals surface area contributed by atoms with Crippen LogP contribution in [0, 0.1) is 0 Å². The third-order valence-electron chi connectivity index (χ3n) is 6.40. The van der Waals surface area contributed by atoms with Crippen LogP contribution in [0.4, 0.5) is 0 Å². The average molecular weight is 486 g/mol. The first-order valence-electron chi connectivity index (χ1n) is 11.0. The molecule has 3 aromatic carbocycles. The zero-order chi connectivity index (χ0) is 25.1. The van der Waals surface area contributed by atoms with Crippen LogP contribution >= 0.6 is 0 Å². The van der Waals surface area contributed by atoms with Gasteiger partial charge in [-0.2, -0.15) is 0 Å². The maximum Gasteiger partial charge on any atom is 0.312 e. The smallest absolute Gasteiger partial charge is 0.312 e. The Morgan fingerprint density at radius 1 is 0.861 bits per heavy atom. The number of aromatic hydroxyl groups is 4. The summed E-state index contributed by atoms with van der Waals surface area (Å²) in [6.45, 7) is 0.178. The molecule has 0 spiro atoms. The lowest BCUT2D eigenvalue weighted by molar-refractivity contribution is -0.135. The van der Waals surface area contributed by atoms with Crippen molar-refractivity contribution in [1.29, 1.82) is 0 Å². The van der Waals surface area contributed by atoms with Crippen LogP contribution in [0.1, 0.15) is 23.5 Å². The average Bonchev–Trinajstić information content (AvgIpc) is 2.86. The summed E-state index contributed by atoms with van der Waals surface area (Å²) in [5, 5.41) is 40.5. The van der Waals surface area contributed by atoms with Crippen molar-refractivity contribution >= 4 is 23.0 Å². The number of carbonyl (C=O) groups is 1. The molecule has 2 aliphatic rings. The lowest BCUT2D eigenvalue weighted by atomic mass is 9.83. The number of ether oxygens (including phenoxy) is 2. The number of hydrogen-bond acceptors (Lipinski definition) is 9. The van der Waals surface area contributed by atoms with E-state index in [-0.39, 0.29) is 41.1 Å². The van der Waals surface area contributed by atoms with Crippen molar-refractivity contribution in [3.63, 3.8) is 0 Å². The summed E-state index contributed by atoms with van der Waals surface area (Å²) in [6, 6.07) is 12.2. The van der Waals surface area contributed by atoms with Crippen molar-refractivity contribution < 1.29 is 39.1 Å². The van der Waals surface area contributed by atoms with Gasteiger partial charge in [-0.05, 0) is 35.9 Å². The van der Waals surface area contributed by atoms with Gasteiger partial charge in [0.25, 0.3) is 0 Å². The first-order valence-corrected chi connectivity index (χ1v) is 11.0. The molecule has 0 radical (unpaired) electrons. The second kappa shape index (κ2) is 7.81. The Morgan fingerprint density at radius 2 is 1.67 bits per heavy atom. The van der Waals surface area contributed by atoms with E-state index in [1.165, 1.54) is 12.1 Å². The fourth-order valence-corrected chi connectivity index (χ4v) is 4.69. The largest absolute Gasteiger partial charge is 0.507 e. The molecule has 1 atom stereocenters. The van der Waals surface area contributed by atoms with Crippen molar-refractivity contribution in [2.45, 2.75) is 12.3 Å². The van der Waals surface area contributed by atoms with Crippen LogP contribution in [0.5, 0.6) is 34.5 Å². The first kappa shape index (κ1) is 21.6. The van der Waals surface area contributed by atoms with Crippen molar-refractivity contribution in [3.05, 3.63) is 75.5 Å².